The summed E-state index contributed by atoms with van der Waals surface area (Å²) in [5, 5.41) is 6.33. The van der Waals surface area contributed by atoms with E-state index in [0.717, 1.165) is 26.4 Å². The summed E-state index contributed by atoms with van der Waals surface area (Å²) in [6.07, 6.45) is 0. The summed E-state index contributed by atoms with van der Waals surface area (Å²) in [6, 6.07) is 4.31. The van der Waals surface area contributed by atoms with Crippen LogP contribution in [0.5, 0.6) is 0 Å². The highest BCUT2D eigenvalue weighted by molar-refractivity contribution is 9.11. The lowest BCUT2D eigenvalue weighted by Crippen LogP contribution is -2.18. The third-order valence-corrected chi connectivity index (χ3v) is 5.62. The zero-order chi connectivity index (χ0) is 15.0. The lowest BCUT2D eigenvalue weighted by Gasteiger charge is -2.19. The highest BCUT2D eigenvalue weighted by atomic mass is 79.9. The highest BCUT2D eigenvalue weighted by Crippen LogP contribution is 2.32. The first-order chi connectivity index (χ1) is 10.1. The Bertz CT molecular complexity index is 780. The van der Waals surface area contributed by atoms with Crippen LogP contribution in [0.4, 0.5) is 11.8 Å². The molecule has 0 aliphatic heterocycles. The number of nitrogens with one attached hydrogen (secondary N) is 1. The number of nitrogens with zero attached hydrogens (tertiary/aromatic N) is 3. The van der Waals surface area contributed by atoms with Crippen molar-refractivity contribution in [2.75, 3.05) is 24.3 Å². The lowest BCUT2D eigenvalue weighted by atomic mass is 10.3. The third kappa shape index (κ3) is 3.04. The largest absolute Gasteiger partial charge is 0.357 e. The van der Waals surface area contributed by atoms with Gasteiger partial charge in [-0.05, 0) is 45.9 Å². The maximum Gasteiger partial charge on any atom is 0.225 e. The van der Waals surface area contributed by atoms with Gasteiger partial charge in [-0.15, -0.1) is 22.7 Å². The van der Waals surface area contributed by atoms with E-state index in [0.29, 0.717) is 5.95 Å². The summed E-state index contributed by atoms with van der Waals surface area (Å²) >= 11 is 6.91. The van der Waals surface area contributed by atoms with Gasteiger partial charge in [0.1, 0.15) is 10.6 Å². The van der Waals surface area contributed by atoms with E-state index in [-0.39, 0.29) is 0 Å². The molecule has 3 aromatic heterocycles. The van der Waals surface area contributed by atoms with E-state index in [1.807, 2.05) is 7.05 Å². The molecule has 0 saturated heterocycles. The molecule has 3 rings (SSSR count). The molecule has 0 fully saturated rings. The average molecular weight is 383 g/mol. The molecule has 0 aromatic carbocycles. The summed E-state index contributed by atoms with van der Waals surface area (Å²) in [6.45, 7) is 2.93. The van der Waals surface area contributed by atoms with Crippen molar-refractivity contribution in [3.05, 3.63) is 31.7 Å². The molecule has 3 aromatic rings. The minimum absolute atomic E-state index is 0.665. The Morgan fingerprint density at radius 2 is 2.14 bits per heavy atom. The van der Waals surface area contributed by atoms with Crippen molar-refractivity contribution >= 4 is 60.6 Å². The van der Waals surface area contributed by atoms with Gasteiger partial charge >= 0.3 is 0 Å². The molecular formula is C14H15BrN4S2. The second-order valence-corrected chi connectivity index (χ2v) is 8.34. The van der Waals surface area contributed by atoms with Crippen molar-refractivity contribution in [1.82, 2.24) is 9.97 Å². The number of thiophene rings is 2. The van der Waals surface area contributed by atoms with Crippen molar-refractivity contribution in [3.8, 4) is 0 Å². The van der Waals surface area contributed by atoms with Gasteiger partial charge in [0, 0.05) is 25.5 Å². The number of fused-ring (bicyclic) bond motifs is 1. The van der Waals surface area contributed by atoms with Crippen molar-refractivity contribution in [2.24, 2.45) is 0 Å². The predicted octanol–water partition coefficient (Wildman–Crippen LogP) is 4.50. The molecule has 0 spiro atoms. The van der Waals surface area contributed by atoms with Gasteiger partial charge in [-0.3, -0.25) is 0 Å². The number of halogens is 1. The van der Waals surface area contributed by atoms with Crippen molar-refractivity contribution < 1.29 is 0 Å². The van der Waals surface area contributed by atoms with Crippen LogP contribution in [-0.2, 0) is 6.54 Å². The first-order valence-corrected chi connectivity index (χ1v) is 8.95. The molecule has 4 nitrogen and oxygen atoms in total. The van der Waals surface area contributed by atoms with Gasteiger partial charge in [-0.25, -0.2) is 4.98 Å². The molecule has 7 heteroatoms. The minimum Gasteiger partial charge on any atom is -0.357 e. The first-order valence-electron chi connectivity index (χ1n) is 6.47. The van der Waals surface area contributed by atoms with Crippen LogP contribution in [-0.4, -0.2) is 24.1 Å². The Kier molecular flexibility index (Phi) is 4.14. The van der Waals surface area contributed by atoms with Crippen LogP contribution in [0.2, 0.25) is 0 Å². The highest BCUT2D eigenvalue weighted by Gasteiger charge is 2.14. The SMILES string of the molecule is CNc1nc(N(C)Cc2csc(Br)c2)c2cc(C)sc2n1. The van der Waals surface area contributed by atoms with E-state index >= 15 is 0 Å². The Balaban J connectivity index is 2.01. The zero-order valence-corrected chi connectivity index (χ0v) is 15.2. The number of hydrogen-bond acceptors (Lipinski definition) is 6. The summed E-state index contributed by atoms with van der Waals surface area (Å²) in [5.74, 6) is 1.63. The topological polar surface area (TPSA) is 41.1 Å². The van der Waals surface area contributed by atoms with Crippen LogP contribution in [0, 0.1) is 6.92 Å². The van der Waals surface area contributed by atoms with Gasteiger partial charge in [-0.1, -0.05) is 0 Å². The molecule has 0 radical (unpaired) electrons. The summed E-state index contributed by atoms with van der Waals surface area (Å²) in [4.78, 5) is 13.6. The standard InChI is InChI=1S/C14H15BrN4S2/c1-8-4-10-12(17-14(16-2)18-13(10)21-8)19(3)6-9-5-11(15)20-7-9/h4-5,7H,6H2,1-3H3,(H,16,17,18). The van der Waals surface area contributed by atoms with Gasteiger partial charge in [0.25, 0.3) is 0 Å². The molecule has 0 saturated carbocycles. The summed E-state index contributed by atoms with van der Waals surface area (Å²) < 4.78 is 1.15. The molecule has 0 aliphatic rings. The van der Waals surface area contributed by atoms with E-state index in [1.165, 1.54) is 10.4 Å². The van der Waals surface area contributed by atoms with E-state index < -0.39 is 0 Å². The molecule has 110 valence electrons. The number of anilines is 2. The number of aromatic nitrogens is 2. The van der Waals surface area contributed by atoms with Gasteiger partial charge in [-0.2, -0.15) is 4.98 Å². The van der Waals surface area contributed by atoms with Crippen LogP contribution in [0.25, 0.3) is 10.2 Å². The summed E-state index contributed by atoms with van der Waals surface area (Å²) in [5.41, 5.74) is 1.28. The van der Waals surface area contributed by atoms with Crippen molar-refractivity contribution in [1.29, 1.82) is 0 Å². The van der Waals surface area contributed by atoms with Crippen LogP contribution in [0.15, 0.2) is 21.3 Å². The van der Waals surface area contributed by atoms with Crippen LogP contribution in [0.1, 0.15) is 10.4 Å². The monoisotopic (exact) mass is 382 g/mol. The normalized spacial score (nSPS) is 11.0. The van der Waals surface area contributed by atoms with Gasteiger partial charge in [0.2, 0.25) is 5.95 Å². The second-order valence-electron chi connectivity index (χ2n) is 4.81. The maximum atomic E-state index is 4.64. The average Bonchev–Trinajstić information content (AvgIpc) is 3.02. The van der Waals surface area contributed by atoms with Gasteiger partial charge in [0.15, 0.2) is 0 Å². The van der Waals surface area contributed by atoms with Crippen LogP contribution >= 0.6 is 38.6 Å². The quantitative estimate of drug-likeness (QED) is 0.720. The zero-order valence-electron chi connectivity index (χ0n) is 12.0. The molecule has 0 aliphatic carbocycles. The number of rotatable bonds is 4. The fourth-order valence-corrected chi connectivity index (χ4v) is 4.28. The van der Waals surface area contributed by atoms with Gasteiger partial charge < -0.3 is 10.2 Å². The Morgan fingerprint density at radius 3 is 2.81 bits per heavy atom. The Morgan fingerprint density at radius 1 is 1.33 bits per heavy atom. The molecule has 21 heavy (non-hydrogen) atoms. The molecule has 0 amide bonds. The second kappa shape index (κ2) is 5.90. The van der Waals surface area contributed by atoms with E-state index in [9.17, 15) is 0 Å². The van der Waals surface area contributed by atoms with Crippen LogP contribution in [0.3, 0.4) is 0 Å². The van der Waals surface area contributed by atoms with E-state index in [2.05, 4.69) is 67.6 Å². The van der Waals surface area contributed by atoms with Crippen molar-refractivity contribution in [3.63, 3.8) is 0 Å². The minimum atomic E-state index is 0.665. The first kappa shape index (κ1) is 14.7. The fraction of sp³-hybridized carbons (Fsp3) is 0.286. The molecule has 0 atom stereocenters. The van der Waals surface area contributed by atoms with E-state index in [4.69, 9.17) is 0 Å². The smallest absolute Gasteiger partial charge is 0.225 e. The Hall–Kier alpha value is -1.18. The predicted molar refractivity (Wildman–Crippen MR) is 95.8 cm³/mol. The Labute approximate surface area is 140 Å². The number of hydrogen-bond donors (Lipinski definition) is 1. The summed E-state index contributed by atoms with van der Waals surface area (Å²) in [7, 11) is 3.92. The third-order valence-electron chi connectivity index (χ3n) is 3.12. The molecule has 1 N–H and O–H groups in total. The molecular weight excluding hydrogens is 368 g/mol. The van der Waals surface area contributed by atoms with Gasteiger partial charge in [0.05, 0.1) is 9.17 Å². The van der Waals surface area contributed by atoms with Crippen LogP contribution < -0.4 is 10.2 Å². The molecule has 0 unspecified atom stereocenters. The molecule has 0 bridgehead atoms. The van der Waals surface area contributed by atoms with Crippen molar-refractivity contribution in [2.45, 2.75) is 13.5 Å². The van der Waals surface area contributed by atoms with E-state index in [1.54, 1.807) is 22.7 Å². The molecule has 3 heterocycles. The number of aryl methyl sites for hydroxylation is 1. The fourth-order valence-electron chi connectivity index (χ4n) is 2.21. The lowest BCUT2D eigenvalue weighted by molar-refractivity contribution is 0.905. The maximum absolute atomic E-state index is 4.64.